The third kappa shape index (κ3) is 5.65. The highest BCUT2D eigenvalue weighted by molar-refractivity contribution is 7.09. The van der Waals surface area contributed by atoms with Gasteiger partial charge >= 0.3 is 0 Å². The number of hydrogen-bond acceptors (Lipinski definition) is 4. The second-order valence-electron chi connectivity index (χ2n) is 4.67. The SMILES string of the molecule is Cc1nc(CN(C)C(=O)CC2CCNC2)cs1.Cl.Cl. The van der Waals surface area contributed by atoms with Gasteiger partial charge in [-0.15, -0.1) is 36.2 Å². The maximum absolute atomic E-state index is 12.0. The molecule has 1 saturated heterocycles. The molecule has 2 rings (SSSR count). The summed E-state index contributed by atoms with van der Waals surface area (Å²) < 4.78 is 0. The van der Waals surface area contributed by atoms with Crippen LogP contribution in [0.4, 0.5) is 0 Å². The lowest BCUT2D eigenvalue weighted by Crippen LogP contribution is -2.28. The van der Waals surface area contributed by atoms with Crippen LogP contribution in [0.5, 0.6) is 0 Å². The monoisotopic (exact) mass is 325 g/mol. The van der Waals surface area contributed by atoms with E-state index in [1.54, 1.807) is 16.2 Å². The molecule has 0 aliphatic carbocycles. The van der Waals surface area contributed by atoms with Crippen molar-refractivity contribution in [3.05, 3.63) is 16.1 Å². The summed E-state index contributed by atoms with van der Waals surface area (Å²) in [7, 11) is 1.86. The third-order valence-corrected chi connectivity index (χ3v) is 3.94. The second-order valence-corrected chi connectivity index (χ2v) is 5.73. The van der Waals surface area contributed by atoms with Crippen LogP contribution in [0.2, 0.25) is 0 Å². The molecule has 19 heavy (non-hydrogen) atoms. The molecule has 0 bridgehead atoms. The third-order valence-electron chi connectivity index (χ3n) is 3.12. The van der Waals surface area contributed by atoms with Gasteiger partial charge in [0, 0.05) is 18.8 Å². The van der Waals surface area contributed by atoms with Crippen LogP contribution in [0, 0.1) is 12.8 Å². The number of nitrogens with zero attached hydrogens (tertiary/aromatic N) is 2. The fraction of sp³-hybridized carbons (Fsp3) is 0.667. The van der Waals surface area contributed by atoms with Crippen molar-refractivity contribution in [1.29, 1.82) is 0 Å². The normalized spacial score (nSPS) is 17.5. The quantitative estimate of drug-likeness (QED) is 0.923. The first-order valence-corrected chi connectivity index (χ1v) is 6.89. The number of nitrogens with one attached hydrogen (secondary N) is 1. The van der Waals surface area contributed by atoms with Crippen LogP contribution in [-0.2, 0) is 11.3 Å². The standard InChI is InChI=1S/C12H19N3OS.2ClH/c1-9-14-11(8-17-9)7-15(2)12(16)5-10-3-4-13-6-10;;/h8,10,13H,3-7H2,1-2H3;2*1H. The van der Waals surface area contributed by atoms with Gasteiger partial charge in [0.2, 0.25) is 5.91 Å². The van der Waals surface area contributed by atoms with Crippen molar-refractivity contribution in [1.82, 2.24) is 15.2 Å². The summed E-state index contributed by atoms with van der Waals surface area (Å²) in [5.41, 5.74) is 0.993. The van der Waals surface area contributed by atoms with Crippen LogP contribution in [-0.4, -0.2) is 35.9 Å². The molecule has 1 N–H and O–H groups in total. The highest BCUT2D eigenvalue weighted by Crippen LogP contribution is 2.15. The lowest BCUT2D eigenvalue weighted by molar-refractivity contribution is -0.131. The number of amides is 1. The van der Waals surface area contributed by atoms with Crippen LogP contribution in [0.25, 0.3) is 0 Å². The number of hydrogen-bond donors (Lipinski definition) is 1. The van der Waals surface area contributed by atoms with Crippen molar-refractivity contribution in [2.45, 2.75) is 26.3 Å². The van der Waals surface area contributed by atoms with Gasteiger partial charge in [0.05, 0.1) is 17.2 Å². The Morgan fingerprint density at radius 1 is 1.58 bits per heavy atom. The number of aryl methyl sites for hydroxylation is 1. The van der Waals surface area contributed by atoms with Gasteiger partial charge in [-0.25, -0.2) is 4.98 Å². The Balaban J connectivity index is 0.00000162. The smallest absolute Gasteiger partial charge is 0.222 e. The molecule has 0 saturated carbocycles. The molecule has 1 atom stereocenters. The predicted molar refractivity (Wildman–Crippen MR) is 83.4 cm³/mol. The number of carbonyl (C=O) groups is 1. The molecule has 1 unspecified atom stereocenters. The number of aromatic nitrogens is 1. The number of carbonyl (C=O) groups excluding carboxylic acids is 1. The minimum Gasteiger partial charge on any atom is -0.340 e. The average molecular weight is 326 g/mol. The Bertz CT molecular complexity index is 394. The van der Waals surface area contributed by atoms with E-state index in [1.807, 2.05) is 19.4 Å². The zero-order valence-electron chi connectivity index (χ0n) is 11.2. The molecule has 1 aromatic heterocycles. The maximum Gasteiger partial charge on any atom is 0.222 e. The first-order valence-electron chi connectivity index (χ1n) is 6.01. The van der Waals surface area contributed by atoms with Crippen molar-refractivity contribution in [2.75, 3.05) is 20.1 Å². The zero-order chi connectivity index (χ0) is 12.3. The lowest BCUT2D eigenvalue weighted by Gasteiger charge is -2.17. The summed E-state index contributed by atoms with van der Waals surface area (Å²) in [5, 5.41) is 6.37. The zero-order valence-corrected chi connectivity index (χ0v) is 13.7. The van der Waals surface area contributed by atoms with Gasteiger partial charge < -0.3 is 10.2 Å². The van der Waals surface area contributed by atoms with Crippen molar-refractivity contribution in [3.63, 3.8) is 0 Å². The van der Waals surface area contributed by atoms with Crippen LogP contribution in [0.3, 0.4) is 0 Å². The second kappa shape index (κ2) is 8.74. The molecule has 0 aromatic carbocycles. The van der Waals surface area contributed by atoms with E-state index in [4.69, 9.17) is 0 Å². The molecule has 0 radical (unpaired) electrons. The summed E-state index contributed by atoms with van der Waals surface area (Å²) >= 11 is 1.63. The molecule has 1 aliphatic rings. The van der Waals surface area contributed by atoms with E-state index in [9.17, 15) is 4.79 Å². The Kier molecular flexibility index (Phi) is 8.57. The molecular formula is C12H21Cl2N3OS. The topological polar surface area (TPSA) is 45.2 Å². The summed E-state index contributed by atoms with van der Waals surface area (Å²) in [5.74, 6) is 0.742. The first kappa shape index (κ1) is 18.6. The maximum atomic E-state index is 12.0. The molecule has 7 heteroatoms. The Morgan fingerprint density at radius 2 is 2.32 bits per heavy atom. The number of rotatable bonds is 4. The van der Waals surface area contributed by atoms with Gasteiger partial charge in [-0.05, 0) is 32.4 Å². The molecular weight excluding hydrogens is 305 g/mol. The van der Waals surface area contributed by atoms with Crippen LogP contribution in [0.1, 0.15) is 23.5 Å². The van der Waals surface area contributed by atoms with Gasteiger partial charge in [0.15, 0.2) is 0 Å². The van der Waals surface area contributed by atoms with Crippen LogP contribution in [0.15, 0.2) is 5.38 Å². The highest BCUT2D eigenvalue weighted by Gasteiger charge is 2.20. The fourth-order valence-corrected chi connectivity index (χ4v) is 2.71. The number of halogens is 2. The van der Waals surface area contributed by atoms with E-state index in [0.717, 1.165) is 30.2 Å². The van der Waals surface area contributed by atoms with E-state index < -0.39 is 0 Å². The van der Waals surface area contributed by atoms with E-state index in [0.29, 0.717) is 18.9 Å². The van der Waals surface area contributed by atoms with Gasteiger partial charge in [-0.2, -0.15) is 0 Å². The minimum atomic E-state index is 0. The van der Waals surface area contributed by atoms with E-state index in [1.165, 1.54) is 0 Å². The van der Waals surface area contributed by atoms with E-state index in [-0.39, 0.29) is 30.7 Å². The van der Waals surface area contributed by atoms with Crippen LogP contribution < -0.4 is 5.32 Å². The highest BCUT2D eigenvalue weighted by atomic mass is 35.5. The molecule has 1 aliphatic heterocycles. The largest absolute Gasteiger partial charge is 0.340 e. The molecule has 4 nitrogen and oxygen atoms in total. The lowest BCUT2D eigenvalue weighted by atomic mass is 10.0. The van der Waals surface area contributed by atoms with E-state index >= 15 is 0 Å². The van der Waals surface area contributed by atoms with E-state index in [2.05, 4.69) is 10.3 Å². The molecule has 1 fully saturated rings. The van der Waals surface area contributed by atoms with Crippen molar-refractivity contribution in [3.8, 4) is 0 Å². The summed E-state index contributed by atoms with van der Waals surface area (Å²) in [6.07, 6.45) is 1.78. The predicted octanol–water partition coefficient (Wildman–Crippen LogP) is 2.25. The molecule has 0 spiro atoms. The summed E-state index contributed by atoms with van der Waals surface area (Å²) in [6.45, 7) is 4.64. The number of thiazole rings is 1. The van der Waals surface area contributed by atoms with Gasteiger partial charge in [0.25, 0.3) is 0 Å². The Morgan fingerprint density at radius 3 is 2.84 bits per heavy atom. The molecule has 2 heterocycles. The average Bonchev–Trinajstić information content (AvgIpc) is 2.90. The van der Waals surface area contributed by atoms with Crippen molar-refractivity contribution >= 4 is 42.1 Å². The summed E-state index contributed by atoms with van der Waals surface area (Å²) in [6, 6.07) is 0. The van der Waals surface area contributed by atoms with Crippen LogP contribution >= 0.6 is 36.2 Å². The Hall–Kier alpha value is -0.360. The van der Waals surface area contributed by atoms with Gasteiger partial charge in [0.1, 0.15) is 0 Å². The van der Waals surface area contributed by atoms with Gasteiger partial charge in [-0.3, -0.25) is 4.79 Å². The first-order chi connectivity index (χ1) is 8.15. The molecule has 110 valence electrons. The minimum absolute atomic E-state index is 0. The van der Waals surface area contributed by atoms with Crippen molar-refractivity contribution < 1.29 is 4.79 Å². The molecule has 1 aromatic rings. The Labute approximate surface area is 130 Å². The van der Waals surface area contributed by atoms with Gasteiger partial charge in [-0.1, -0.05) is 0 Å². The summed E-state index contributed by atoms with van der Waals surface area (Å²) in [4.78, 5) is 18.1. The fourth-order valence-electron chi connectivity index (χ4n) is 2.10. The molecule has 1 amide bonds. The van der Waals surface area contributed by atoms with Crippen molar-refractivity contribution in [2.24, 2.45) is 5.92 Å².